The molecule has 2 aromatic carbocycles. The van der Waals surface area contributed by atoms with Crippen LogP contribution < -0.4 is 19.5 Å². The molecule has 0 aliphatic carbocycles. The molecule has 1 heterocycles. The number of fused-ring (bicyclic) bond motifs is 1. The maximum absolute atomic E-state index is 12.3. The average molecular weight is 320 g/mol. The van der Waals surface area contributed by atoms with E-state index in [0.717, 1.165) is 0 Å². The zero-order valence-corrected chi connectivity index (χ0v) is 12.6. The first-order chi connectivity index (χ1) is 10.7. The Morgan fingerprint density at radius 2 is 2.05 bits per heavy atom. The van der Waals surface area contributed by atoms with Crippen LogP contribution in [0, 0.1) is 0 Å². The molecule has 1 aliphatic heterocycles. The van der Waals surface area contributed by atoms with Gasteiger partial charge in [0.05, 0.1) is 12.1 Å². The van der Waals surface area contributed by atoms with Gasteiger partial charge in [-0.05, 0) is 30.3 Å². The van der Waals surface area contributed by atoms with E-state index in [2.05, 4.69) is 5.32 Å². The molecule has 6 heteroatoms. The minimum atomic E-state index is -0.712. The van der Waals surface area contributed by atoms with Crippen molar-refractivity contribution in [1.82, 2.24) is 0 Å². The van der Waals surface area contributed by atoms with E-state index < -0.39 is 6.10 Å². The number of benzene rings is 2. The van der Waals surface area contributed by atoms with Crippen molar-refractivity contribution in [3.63, 3.8) is 0 Å². The minimum absolute atomic E-state index is 0.159. The number of methoxy groups -OCH3 is 1. The van der Waals surface area contributed by atoms with Crippen LogP contribution in [-0.2, 0) is 4.79 Å². The SMILES string of the molecule is COc1ccc(NC(=O)[C@H]2COc3ccccc3O2)cc1Cl. The summed E-state index contributed by atoms with van der Waals surface area (Å²) in [6.45, 7) is 0.159. The van der Waals surface area contributed by atoms with Crippen molar-refractivity contribution >= 4 is 23.2 Å². The Morgan fingerprint density at radius 3 is 2.77 bits per heavy atom. The first-order valence-electron chi connectivity index (χ1n) is 6.70. The van der Waals surface area contributed by atoms with Crippen LogP contribution in [0.15, 0.2) is 42.5 Å². The second-order valence-corrected chi connectivity index (χ2v) is 5.11. The van der Waals surface area contributed by atoms with E-state index in [-0.39, 0.29) is 12.5 Å². The smallest absolute Gasteiger partial charge is 0.269 e. The number of rotatable bonds is 3. The molecule has 0 aromatic heterocycles. The van der Waals surface area contributed by atoms with Gasteiger partial charge >= 0.3 is 0 Å². The Balaban J connectivity index is 1.69. The molecule has 2 aromatic rings. The van der Waals surface area contributed by atoms with E-state index in [1.165, 1.54) is 7.11 Å². The number of carbonyl (C=O) groups is 1. The number of carbonyl (C=O) groups excluding carboxylic acids is 1. The Morgan fingerprint density at radius 1 is 1.27 bits per heavy atom. The third-order valence-corrected chi connectivity index (χ3v) is 3.52. The summed E-state index contributed by atoms with van der Waals surface area (Å²) < 4.78 is 16.2. The third kappa shape index (κ3) is 2.94. The highest BCUT2D eigenvalue weighted by molar-refractivity contribution is 6.32. The highest BCUT2D eigenvalue weighted by Gasteiger charge is 2.27. The van der Waals surface area contributed by atoms with E-state index in [0.29, 0.717) is 28.0 Å². The third-order valence-electron chi connectivity index (χ3n) is 3.22. The molecule has 0 fully saturated rings. The Kier molecular flexibility index (Phi) is 4.06. The molecular weight excluding hydrogens is 306 g/mol. The predicted octanol–water partition coefficient (Wildman–Crippen LogP) is 3.13. The number of anilines is 1. The topological polar surface area (TPSA) is 56.8 Å². The molecule has 1 amide bonds. The van der Waals surface area contributed by atoms with Gasteiger partial charge in [-0.1, -0.05) is 23.7 Å². The first-order valence-corrected chi connectivity index (χ1v) is 7.08. The molecule has 22 heavy (non-hydrogen) atoms. The highest BCUT2D eigenvalue weighted by Crippen LogP contribution is 2.31. The molecule has 114 valence electrons. The lowest BCUT2D eigenvalue weighted by Gasteiger charge is -2.25. The van der Waals surface area contributed by atoms with Gasteiger partial charge in [-0.25, -0.2) is 0 Å². The van der Waals surface area contributed by atoms with Crippen molar-refractivity contribution in [1.29, 1.82) is 0 Å². The number of hydrogen-bond acceptors (Lipinski definition) is 4. The van der Waals surface area contributed by atoms with Crippen molar-refractivity contribution in [2.24, 2.45) is 0 Å². The number of halogens is 1. The van der Waals surface area contributed by atoms with Gasteiger partial charge in [-0.2, -0.15) is 0 Å². The van der Waals surface area contributed by atoms with Crippen molar-refractivity contribution in [3.05, 3.63) is 47.5 Å². The molecule has 0 spiro atoms. The van der Waals surface area contributed by atoms with Gasteiger partial charge < -0.3 is 19.5 Å². The van der Waals surface area contributed by atoms with Gasteiger partial charge in [0.15, 0.2) is 11.5 Å². The summed E-state index contributed by atoms with van der Waals surface area (Å²) in [5.41, 5.74) is 0.568. The molecule has 1 atom stereocenters. The quantitative estimate of drug-likeness (QED) is 0.944. The number of ether oxygens (including phenoxy) is 3. The summed E-state index contributed by atoms with van der Waals surface area (Å²) in [4.78, 5) is 12.3. The molecular formula is C16H14ClNO4. The van der Waals surface area contributed by atoms with Crippen LogP contribution in [0.5, 0.6) is 17.2 Å². The van der Waals surface area contributed by atoms with Crippen LogP contribution in [0.25, 0.3) is 0 Å². The fraction of sp³-hybridized carbons (Fsp3) is 0.188. The molecule has 0 unspecified atom stereocenters. The number of nitrogens with one attached hydrogen (secondary N) is 1. The zero-order valence-electron chi connectivity index (χ0n) is 11.8. The lowest BCUT2D eigenvalue weighted by molar-refractivity contribution is -0.125. The van der Waals surface area contributed by atoms with Gasteiger partial charge in [0.1, 0.15) is 12.4 Å². The number of amides is 1. The molecule has 1 N–H and O–H groups in total. The molecule has 0 radical (unpaired) electrons. The number of hydrogen-bond donors (Lipinski definition) is 1. The van der Waals surface area contributed by atoms with E-state index >= 15 is 0 Å². The summed E-state index contributed by atoms with van der Waals surface area (Å²) >= 11 is 6.03. The first kappa shape index (κ1) is 14.5. The summed E-state index contributed by atoms with van der Waals surface area (Å²) in [6.07, 6.45) is -0.712. The number of para-hydroxylation sites is 2. The van der Waals surface area contributed by atoms with Crippen molar-refractivity contribution in [2.45, 2.75) is 6.10 Å². The lowest BCUT2D eigenvalue weighted by atomic mass is 10.2. The van der Waals surface area contributed by atoms with Gasteiger partial charge in [-0.3, -0.25) is 4.79 Å². The van der Waals surface area contributed by atoms with E-state index in [1.807, 2.05) is 12.1 Å². The van der Waals surface area contributed by atoms with Crippen LogP contribution >= 0.6 is 11.6 Å². The van der Waals surface area contributed by atoms with Crippen molar-refractivity contribution in [3.8, 4) is 17.2 Å². The normalized spacial score (nSPS) is 16.0. The predicted molar refractivity (Wildman–Crippen MR) is 83.0 cm³/mol. The summed E-state index contributed by atoms with van der Waals surface area (Å²) in [5, 5.41) is 3.17. The monoisotopic (exact) mass is 319 g/mol. The molecule has 0 saturated heterocycles. The van der Waals surface area contributed by atoms with Crippen LogP contribution in [0.4, 0.5) is 5.69 Å². The minimum Gasteiger partial charge on any atom is -0.495 e. The van der Waals surface area contributed by atoms with Crippen LogP contribution in [0.1, 0.15) is 0 Å². The fourth-order valence-corrected chi connectivity index (χ4v) is 2.37. The summed E-state index contributed by atoms with van der Waals surface area (Å²) in [5.74, 6) is 1.45. The van der Waals surface area contributed by atoms with E-state index in [1.54, 1.807) is 30.3 Å². The van der Waals surface area contributed by atoms with Crippen LogP contribution in [0.2, 0.25) is 5.02 Å². The largest absolute Gasteiger partial charge is 0.495 e. The van der Waals surface area contributed by atoms with Gasteiger partial charge in [0.25, 0.3) is 5.91 Å². The van der Waals surface area contributed by atoms with Gasteiger partial charge in [-0.15, -0.1) is 0 Å². The lowest BCUT2D eigenvalue weighted by Crippen LogP contribution is -2.40. The van der Waals surface area contributed by atoms with Crippen LogP contribution in [-0.4, -0.2) is 25.7 Å². The van der Waals surface area contributed by atoms with E-state index in [4.69, 9.17) is 25.8 Å². The molecule has 0 bridgehead atoms. The summed E-state index contributed by atoms with van der Waals surface area (Å²) in [6, 6.07) is 12.3. The molecule has 5 nitrogen and oxygen atoms in total. The fourth-order valence-electron chi connectivity index (χ4n) is 2.12. The average Bonchev–Trinajstić information content (AvgIpc) is 2.54. The second kappa shape index (κ2) is 6.15. The van der Waals surface area contributed by atoms with Crippen molar-refractivity contribution < 1.29 is 19.0 Å². The molecule has 1 aliphatic rings. The van der Waals surface area contributed by atoms with Crippen molar-refractivity contribution in [2.75, 3.05) is 19.0 Å². The maximum Gasteiger partial charge on any atom is 0.269 e. The zero-order chi connectivity index (χ0) is 15.5. The summed E-state index contributed by atoms with van der Waals surface area (Å²) in [7, 11) is 1.53. The second-order valence-electron chi connectivity index (χ2n) is 4.70. The van der Waals surface area contributed by atoms with Gasteiger partial charge in [0, 0.05) is 5.69 Å². The van der Waals surface area contributed by atoms with Crippen LogP contribution in [0.3, 0.4) is 0 Å². The Labute approximate surface area is 132 Å². The maximum atomic E-state index is 12.3. The molecule has 0 saturated carbocycles. The molecule has 3 rings (SSSR count). The Hall–Kier alpha value is -2.40. The van der Waals surface area contributed by atoms with Gasteiger partial charge in [0.2, 0.25) is 6.10 Å². The highest BCUT2D eigenvalue weighted by atomic mass is 35.5. The Bertz CT molecular complexity index is 704. The standard InChI is InChI=1S/C16H14ClNO4/c1-20-12-7-6-10(8-11(12)17)18-16(19)15-9-21-13-4-2-3-5-14(13)22-15/h2-8,15H,9H2,1H3,(H,18,19)/t15-/m1/s1. The van der Waals surface area contributed by atoms with E-state index in [9.17, 15) is 4.79 Å².